The van der Waals surface area contributed by atoms with E-state index in [-0.39, 0.29) is 5.78 Å². The highest BCUT2D eigenvalue weighted by Crippen LogP contribution is 2.22. The zero-order valence-electron chi connectivity index (χ0n) is 8.86. The van der Waals surface area contributed by atoms with Crippen molar-refractivity contribution in [1.29, 1.82) is 0 Å². The van der Waals surface area contributed by atoms with Crippen molar-refractivity contribution < 1.29 is 4.79 Å². The zero-order valence-corrected chi connectivity index (χ0v) is 8.86. The van der Waals surface area contributed by atoms with Crippen LogP contribution in [0.1, 0.15) is 36.7 Å². The van der Waals surface area contributed by atoms with Crippen LogP contribution in [0.25, 0.3) is 0 Å². The Morgan fingerprint density at radius 3 is 2.93 bits per heavy atom. The molecule has 0 aliphatic carbocycles. The van der Waals surface area contributed by atoms with Gasteiger partial charge in [-0.05, 0) is 32.7 Å². The number of ketones is 1. The molecular weight excluding hydrogens is 190 g/mol. The van der Waals surface area contributed by atoms with Gasteiger partial charge in [-0.3, -0.25) is 9.78 Å². The van der Waals surface area contributed by atoms with Crippen LogP contribution in [-0.2, 0) is 0 Å². The fourth-order valence-corrected chi connectivity index (χ4v) is 1.95. The number of hydrogen-bond donors (Lipinski definition) is 1. The first-order chi connectivity index (χ1) is 7.22. The Balaban J connectivity index is 2.20. The normalized spacial score (nSPS) is 26.2. The quantitative estimate of drug-likeness (QED) is 0.737. The third kappa shape index (κ3) is 2.04. The molecule has 4 heteroatoms. The molecule has 1 fully saturated rings. The van der Waals surface area contributed by atoms with Crippen molar-refractivity contribution in [1.82, 2.24) is 15.3 Å². The smallest absolute Gasteiger partial charge is 0.202 e. The first kappa shape index (κ1) is 10.2. The molecule has 0 saturated carbocycles. The van der Waals surface area contributed by atoms with E-state index in [0.717, 1.165) is 25.8 Å². The summed E-state index contributed by atoms with van der Waals surface area (Å²) in [5.41, 5.74) is 0.00303. The molecule has 1 aromatic rings. The first-order valence-corrected chi connectivity index (χ1v) is 5.28. The van der Waals surface area contributed by atoms with Gasteiger partial charge in [0.15, 0.2) is 0 Å². The van der Waals surface area contributed by atoms with Crippen LogP contribution in [0.3, 0.4) is 0 Å². The number of carbonyl (C=O) groups excluding carboxylic acids is 1. The van der Waals surface area contributed by atoms with Crippen molar-refractivity contribution in [3.8, 4) is 0 Å². The van der Waals surface area contributed by atoms with Gasteiger partial charge in [-0.15, -0.1) is 0 Å². The molecular formula is C11H15N3O. The first-order valence-electron chi connectivity index (χ1n) is 5.28. The molecule has 1 aliphatic heterocycles. The lowest BCUT2D eigenvalue weighted by molar-refractivity contribution is 0.0829. The van der Waals surface area contributed by atoms with Gasteiger partial charge >= 0.3 is 0 Å². The fourth-order valence-electron chi connectivity index (χ4n) is 1.95. The van der Waals surface area contributed by atoms with Gasteiger partial charge < -0.3 is 5.32 Å². The molecule has 80 valence electrons. The van der Waals surface area contributed by atoms with Crippen LogP contribution >= 0.6 is 0 Å². The van der Waals surface area contributed by atoms with Gasteiger partial charge in [0.1, 0.15) is 5.69 Å². The van der Waals surface area contributed by atoms with Gasteiger partial charge in [-0.1, -0.05) is 0 Å². The molecule has 2 heterocycles. The number of piperidine rings is 1. The number of hydrogen-bond acceptors (Lipinski definition) is 4. The van der Waals surface area contributed by atoms with Crippen molar-refractivity contribution >= 4 is 5.78 Å². The Bertz CT molecular complexity index is 344. The highest BCUT2D eigenvalue weighted by atomic mass is 16.1. The van der Waals surface area contributed by atoms with E-state index in [9.17, 15) is 4.79 Å². The molecule has 0 spiro atoms. The maximum absolute atomic E-state index is 12.2. The van der Waals surface area contributed by atoms with Crippen molar-refractivity contribution in [2.75, 3.05) is 6.54 Å². The number of Topliss-reactive ketones (excluding diaryl/α,β-unsaturated/α-hetero) is 1. The van der Waals surface area contributed by atoms with Crippen LogP contribution in [-0.4, -0.2) is 27.8 Å². The molecule has 0 radical (unpaired) electrons. The number of aromatic nitrogens is 2. The highest BCUT2D eigenvalue weighted by molar-refractivity contribution is 6.01. The molecule has 1 saturated heterocycles. The predicted molar refractivity (Wildman–Crippen MR) is 56.6 cm³/mol. The second-order valence-electron chi connectivity index (χ2n) is 4.14. The molecule has 0 bridgehead atoms. The highest BCUT2D eigenvalue weighted by Gasteiger charge is 2.35. The summed E-state index contributed by atoms with van der Waals surface area (Å²) in [5, 5.41) is 3.28. The van der Waals surface area contributed by atoms with Gasteiger partial charge in [0.05, 0.1) is 11.7 Å². The number of nitrogens with zero attached hydrogens (tertiary/aromatic N) is 2. The number of carbonyl (C=O) groups is 1. The van der Waals surface area contributed by atoms with Crippen molar-refractivity contribution in [3.63, 3.8) is 0 Å². The Morgan fingerprint density at radius 1 is 1.47 bits per heavy atom. The summed E-state index contributed by atoms with van der Waals surface area (Å²) in [6.45, 7) is 2.85. The second kappa shape index (κ2) is 4.06. The van der Waals surface area contributed by atoms with Crippen LogP contribution in [0, 0.1) is 0 Å². The van der Waals surface area contributed by atoms with E-state index >= 15 is 0 Å². The monoisotopic (exact) mass is 205 g/mol. The molecule has 0 aromatic carbocycles. The lowest BCUT2D eigenvalue weighted by atomic mass is 9.85. The predicted octanol–water partition coefficient (Wildman–Crippen LogP) is 1.19. The minimum absolute atomic E-state index is 0.0512. The van der Waals surface area contributed by atoms with Crippen LogP contribution in [0.4, 0.5) is 0 Å². The molecule has 1 N–H and O–H groups in total. The van der Waals surface area contributed by atoms with E-state index in [1.165, 1.54) is 6.20 Å². The maximum Gasteiger partial charge on any atom is 0.202 e. The Labute approximate surface area is 89.1 Å². The Hall–Kier alpha value is -1.29. The second-order valence-corrected chi connectivity index (χ2v) is 4.14. The standard InChI is InChI=1S/C11H15N3O/c1-11(4-2-3-5-14-11)10(15)9-8-12-6-7-13-9/h6-8,14H,2-5H2,1H3. The van der Waals surface area contributed by atoms with Gasteiger partial charge in [0.25, 0.3) is 0 Å². The lowest BCUT2D eigenvalue weighted by Gasteiger charge is -2.32. The summed E-state index contributed by atoms with van der Waals surface area (Å²) < 4.78 is 0. The minimum atomic E-state index is -0.450. The fraction of sp³-hybridized carbons (Fsp3) is 0.545. The van der Waals surface area contributed by atoms with Crippen LogP contribution in [0.2, 0.25) is 0 Å². The van der Waals surface area contributed by atoms with E-state index in [1.807, 2.05) is 6.92 Å². The van der Waals surface area contributed by atoms with Crippen LogP contribution < -0.4 is 5.32 Å². The van der Waals surface area contributed by atoms with Crippen LogP contribution in [0.15, 0.2) is 18.6 Å². The maximum atomic E-state index is 12.2. The Kier molecular flexibility index (Phi) is 2.77. The molecule has 15 heavy (non-hydrogen) atoms. The van der Waals surface area contributed by atoms with E-state index in [1.54, 1.807) is 12.4 Å². The molecule has 1 aromatic heterocycles. The molecule has 1 atom stereocenters. The Morgan fingerprint density at radius 2 is 2.33 bits per heavy atom. The molecule has 2 rings (SSSR count). The van der Waals surface area contributed by atoms with Gasteiger partial charge in [0.2, 0.25) is 5.78 Å². The average molecular weight is 205 g/mol. The topological polar surface area (TPSA) is 54.9 Å². The van der Waals surface area contributed by atoms with E-state index in [2.05, 4.69) is 15.3 Å². The third-order valence-corrected chi connectivity index (χ3v) is 2.92. The summed E-state index contributed by atoms with van der Waals surface area (Å²) in [4.78, 5) is 20.1. The largest absolute Gasteiger partial charge is 0.305 e. The van der Waals surface area contributed by atoms with E-state index in [0.29, 0.717) is 5.69 Å². The summed E-state index contributed by atoms with van der Waals surface area (Å²) >= 11 is 0. The molecule has 0 amide bonds. The summed E-state index contributed by atoms with van der Waals surface area (Å²) in [6.07, 6.45) is 7.78. The van der Waals surface area contributed by atoms with E-state index < -0.39 is 5.54 Å². The van der Waals surface area contributed by atoms with Gasteiger partial charge in [0, 0.05) is 12.4 Å². The van der Waals surface area contributed by atoms with E-state index in [4.69, 9.17) is 0 Å². The molecule has 1 aliphatic rings. The molecule has 4 nitrogen and oxygen atoms in total. The zero-order chi connectivity index (χ0) is 10.7. The SMILES string of the molecule is CC1(C(=O)c2cnccn2)CCCCN1. The minimum Gasteiger partial charge on any atom is -0.305 e. The molecule has 1 unspecified atom stereocenters. The summed E-state index contributed by atoms with van der Waals surface area (Å²) in [5.74, 6) is 0.0512. The van der Waals surface area contributed by atoms with Crippen molar-refractivity contribution in [2.24, 2.45) is 0 Å². The number of nitrogens with one attached hydrogen (secondary N) is 1. The summed E-state index contributed by atoms with van der Waals surface area (Å²) in [7, 11) is 0. The van der Waals surface area contributed by atoms with Crippen molar-refractivity contribution in [3.05, 3.63) is 24.3 Å². The van der Waals surface area contributed by atoms with Crippen molar-refractivity contribution in [2.45, 2.75) is 31.7 Å². The van der Waals surface area contributed by atoms with Gasteiger partial charge in [-0.25, -0.2) is 4.98 Å². The summed E-state index contributed by atoms with van der Waals surface area (Å²) in [6, 6.07) is 0. The third-order valence-electron chi connectivity index (χ3n) is 2.92. The van der Waals surface area contributed by atoms with Gasteiger partial charge in [-0.2, -0.15) is 0 Å². The number of rotatable bonds is 2. The average Bonchev–Trinajstić information content (AvgIpc) is 2.30. The lowest BCUT2D eigenvalue weighted by Crippen LogP contribution is -2.52. The van der Waals surface area contributed by atoms with Crippen LogP contribution in [0.5, 0.6) is 0 Å².